The SMILES string of the molecule is CCOC(=O)[C@@H]1C(=O)C=C(c2ccc(OC)cc2)C[C@H]1c1ccc([N+](=O)[O-])cc1. The average molecular weight is 395 g/mol. The van der Waals surface area contributed by atoms with E-state index in [1.807, 2.05) is 12.1 Å². The fraction of sp³-hybridized carbons (Fsp3) is 0.273. The molecule has 0 amide bonds. The molecule has 150 valence electrons. The van der Waals surface area contributed by atoms with Crippen molar-refractivity contribution in [2.45, 2.75) is 19.3 Å². The van der Waals surface area contributed by atoms with Crippen molar-refractivity contribution in [1.82, 2.24) is 0 Å². The smallest absolute Gasteiger partial charge is 0.317 e. The highest BCUT2D eigenvalue weighted by Gasteiger charge is 2.39. The maximum Gasteiger partial charge on any atom is 0.317 e. The minimum absolute atomic E-state index is 0.0468. The summed E-state index contributed by atoms with van der Waals surface area (Å²) >= 11 is 0. The molecule has 0 aliphatic heterocycles. The number of benzene rings is 2. The van der Waals surface area contributed by atoms with Gasteiger partial charge in [-0.25, -0.2) is 0 Å². The normalized spacial score (nSPS) is 18.7. The Balaban J connectivity index is 1.99. The van der Waals surface area contributed by atoms with Crippen molar-refractivity contribution in [1.29, 1.82) is 0 Å². The number of rotatable bonds is 6. The van der Waals surface area contributed by atoms with E-state index in [4.69, 9.17) is 9.47 Å². The highest BCUT2D eigenvalue weighted by molar-refractivity contribution is 6.10. The molecule has 3 rings (SSSR count). The van der Waals surface area contributed by atoms with Gasteiger partial charge in [0.1, 0.15) is 11.7 Å². The Morgan fingerprint density at radius 2 is 1.79 bits per heavy atom. The molecule has 0 unspecified atom stereocenters. The van der Waals surface area contributed by atoms with Gasteiger partial charge in [-0.2, -0.15) is 0 Å². The van der Waals surface area contributed by atoms with Crippen LogP contribution in [0.4, 0.5) is 5.69 Å². The molecule has 2 aromatic carbocycles. The van der Waals surface area contributed by atoms with Crippen LogP contribution in [0.15, 0.2) is 54.6 Å². The van der Waals surface area contributed by atoms with E-state index in [0.717, 1.165) is 11.1 Å². The van der Waals surface area contributed by atoms with Crippen LogP contribution in [0.25, 0.3) is 5.57 Å². The Hall–Kier alpha value is -3.48. The van der Waals surface area contributed by atoms with Gasteiger partial charge in [-0.1, -0.05) is 24.3 Å². The quantitative estimate of drug-likeness (QED) is 0.318. The second-order valence-corrected chi connectivity index (χ2v) is 6.69. The Bertz CT molecular complexity index is 946. The summed E-state index contributed by atoms with van der Waals surface area (Å²) in [7, 11) is 1.58. The Kier molecular flexibility index (Phi) is 6.07. The lowest BCUT2D eigenvalue weighted by molar-refractivity contribution is -0.384. The fourth-order valence-electron chi connectivity index (χ4n) is 3.55. The number of ether oxygens (including phenoxy) is 2. The lowest BCUT2D eigenvalue weighted by atomic mass is 9.73. The summed E-state index contributed by atoms with van der Waals surface area (Å²) in [6.07, 6.45) is 1.92. The first-order chi connectivity index (χ1) is 13.9. The number of nitrogens with zero attached hydrogens (tertiary/aromatic N) is 1. The number of non-ortho nitro benzene ring substituents is 1. The lowest BCUT2D eigenvalue weighted by Gasteiger charge is -2.29. The first-order valence-electron chi connectivity index (χ1n) is 9.24. The molecule has 0 aromatic heterocycles. The Morgan fingerprint density at radius 3 is 2.34 bits per heavy atom. The van der Waals surface area contributed by atoms with Gasteiger partial charge >= 0.3 is 5.97 Å². The van der Waals surface area contributed by atoms with Crippen molar-refractivity contribution in [3.05, 3.63) is 75.8 Å². The van der Waals surface area contributed by atoms with Crippen LogP contribution >= 0.6 is 0 Å². The number of carbonyl (C=O) groups is 2. The van der Waals surface area contributed by atoms with E-state index >= 15 is 0 Å². The van der Waals surface area contributed by atoms with E-state index in [1.165, 1.54) is 18.2 Å². The van der Waals surface area contributed by atoms with Crippen LogP contribution in [0, 0.1) is 16.0 Å². The van der Waals surface area contributed by atoms with E-state index in [-0.39, 0.29) is 18.1 Å². The maximum atomic E-state index is 12.9. The second kappa shape index (κ2) is 8.68. The molecule has 7 nitrogen and oxygen atoms in total. The molecular weight excluding hydrogens is 374 g/mol. The van der Waals surface area contributed by atoms with Gasteiger partial charge in [0.2, 0.25) is 0 Å². The fourth-order valence-corrected chi connectivity index (χ4v) is 3.55. The first-order valence-corrected chi connectivity index (χ1v) is 9.24. The molecule has 0 N–H and O–H groups in total. The largest absolute Gasteiger partial charge is 0.497 e. The third kappa shape index (κ3) is 4.34. The average Bonchev–Trinajstić information content (AvgIpc) is 2.73. The van der Waals surface area contributed by atoms with Gasteiger partial charge in [-0.05, 0) is 48.3 Å². The molecule has 0 radical (unpaired) electrons. The molecule has 0 saturated carbocycles. The van der Waals surface area contributed by atoms with Crippen molar-refractivity contribution in [3.8, 4) is 5.75 Å². The zero-order chi connectivity index (χ0) is 21.0. The number of hydrogen-bond donors (Lipinski definition) is 0. The lowest BCUT2D eigenvalue weighted by Crippen LogP contribution is -2.34. The zero-order valence-electron chi connectivity index (χ0n) is 16.2. The number of nitro groups is 1. The number of nitro benzene ring substituents is 1. The Morgan fingerprint density at radius 1 is 1.14 bits per heavy atom. The third-order valence-electron chi connectivity index (χ3n) is 5.00. The summed E-state index contributed by atoms with van der Waals surface area (Å²) in [5, 5.41) is 10.9. The van der Waals surface area contributed by atoms with E-state index in [9.17, 15) is 19.7 Å². The number of carbonyl (C=O) groups excluding carboxylic acids is 2. The van der Waals surface area contributed by atoms with Crippen LogP contribution < -0.4 is 4.74 Å². The number of allylic oxidation sites excluding steroid dienone is 2. The molecule has 0 saturated heterocycles. The minimum Gasteiger partial charge on any atom is -0.497 e. The molecule has 7 heteroatoms. The maximum absolute atomic E-state index is 12.9. The van der Waals surface area contributed by atoms with Gasteiger partial charge in [-0.15, -0.1) is 0 Å². The summed E-state index contributed by atoms with van der Waals surface area (Å²) in [5.74, 6) is -1.65. The topological polar surface area (TPSA) is 95.7 Å². The minimum atomic E-state index is -0.974. The molecule has 0 heterocycles. The predicted molar refractivity (Wildman–Crippen MR) is 107 cm³/mol. The van der Waals surface area contributed by atoms with Crippen LogP contribution in [-0.2, 0) is 14.3 Å². The summed E-state index contributed by atoms with van der Waals surface area (Å²) in [4.78, 5) is 35.8. The molecule has 29 heavy (non-hydrogen) atoms. The number of hydrogen-bond acceptors (Lipinski definition) is 6. The molecular formula is C22H21NO6. The molecule has 0 spiro atoms. The zero-order valence-corrected chi connectivity index (χ0v) is 16.2. The number of ketones is 1. The second-order valence-electron chi connectivity index (χ2n) is 6.69. The van der Waals surface area contributed by atoms with Gasteiger partial charge in [0.15, 0.2) is 5.78 Å². The standard InChI is InChI=1S/C22H21NO6/c1-3-29-22(25)21-19(15-4-8-17(9-5-15)23(26)27)12-16(13-20(21)24)14-6-10-18(28-2)11-7-14/h4-11,13,19,21H,3,12H2,1-2H3/t19-,21-/m0/s1. The van der Waals surface area contributed by atoms with Crippen LogP contribution in [0.2, 0.25) is 0 Å². The van der Waals surface area contributed by atoms with E-state index in [0.29, 0.717) is 17.7 Å². The van der Waals surface area contributed by atoms with E-state index in [1.54, 1.807) is 38.3 Å². The molecule has 0 fully saturated rings. The van der Waals surface area contributed by atoms with E-state index < -0.39 is 22.7 Å². The Labute approximate surface area is 168 Å². The van der Waals surface area contributed by atoms with E-state index in [2.05, 4.69) is 0 Å². The molecule has 2 aromatic rings. The highest BCUT2D eigenvalue weighted by atomic mass is 16.6. The first kappa shape index (κ1) is 20.3. The number of esters is 1. The summed E-state index contributed by atoms with van der Waals surface area (Å²) in [6, 6.07) is 13.3. The highest BCUT2D eigenvalue weighted by Crippen LogP contribution is 2.41. The molecule has 2 atom stereocenters. The molecule has 1 aliphatic carbocycles. The predicted octanol–water partition coefficient (Wildman–Crippen LogP) is 3.92. The van der Waals surface area contributed by atoms with Gasteiger partial charge in [0.05, 0.1) is 18.6 Å². The van der Waals surface area contributed by atoms with Crippen molar-refractivity contribution in [2.24, 2.45) is 5.92 Å². The monoisotopic (exact) mass is 395 g/mol. The van der Waals surface area contributed by atoms with Crippen LogP contribution in [0.3, 0.4) is 0 Å². The van der Waals surface area contributed by atoms with Crippen LogP contribution in [0.5, 0.6) is 5.75 Å². The van der Waals surface area contributed by atoms with Gasteiger partial charge in [0, 0.05) is 18.1 Å². The van der Waals surface area contributed by atoms with Gasteiger partial charge < -0.3 is 9.47 Å². The summed E-state index contributed by atoms with van der Waals surface area (Å²) in [5.41, 5.74) is 2.28. The van der Waals surface area contributed by atoms with Gasteiger partial charge in [-0.3, -0.25) is 19.7 Å². The molecule has 1 aliphatic rings. The summed E-state index contributed by atoms with van der Waals surface area (Å²) in [6.45, 7) is 1.86. The third-order valence-corrected chi connectivity index (χ3v) is 5.00. The number of methoxy groups -OCH3 is 1. The van der Waals surface area contributed by atoms with Crippen LogP contribution in [0.1, 0.15) is 30.4 Å². The van der Waals surface area contributed by atoms with Crippen molar-refractivity contribution < 1.29 is 24.0 Å². The van der Waals surface area contributed by atoms with Crippen molar-refractivity contribution in [3.63, 3.8) is 0 Å². The van der Waals surface area contributed by atoms with Gasteiger partial charge in [0.25, 0.3) is 5.69 Å². The van der Waals surface area contributed by atoms with Crippen LogP contribution in [-0.4, -0.2) is 30.4 Å². The van der Waals surface area contributed by atoms with Crippen molar-refractivity contribution in [2.75, 3.05) is 13.7 Å². The summed E-state index contributed by atoms with van der Waals surface area (Å²) < 4.78 is 10.3. The van der Waals surface area contributed by atoms with Crippen molar-refractivity contribution >= 4 is 23.0 Å². The molecule has 0 bridgehead atoms.